The maximum atomic E-state index is 12.3. The fraction of sp³-hybridized carbons (Fsp3) is 0.412. The van der Waals surface area contributed by atoms with Crippen LogP contribution in [-0.4, -0.2) is 23.7 Å². The number of fused-ring (bicyclic) bond motifs is 1. The van der Waals surface area contributed by atoms with Gasteiger partial charge < -0.3 is 14.8 Å². The largest absolute Gasteiger partial charge is 0.454 e. The van der Waals surface area contributed by atoms with Gasteiger partial charge in [0.15, 0.2) is 11.5 Å². The Labute approximate surface area is 144 Å². The number of carbonyl (C=O) groups is 1. The average molecular weight is 343 g/mol. The highest BCUT2D eigenvalue weighted by Gasteiger charge is 2.24. The molecule has 0 unspecified atom stereocenters. The van der Waals surface area contributed by atoms with Crippen LogP contribution in [0.1, 0.15) is 37.7 Å². The number of hydrogen-bond acceptors (Lipinski definition) is 6. The lowest BCUT2D eigenvalue weighted by molar-refractivity contribution is -0.385. The van der Waals surface area contributed by atoms with Gasteiger partial charge in [0.2, 0.25) is 6.79 Å². The van der Waals surface area contributed by atoms with Crippen molar-refractivity contribution in [3.05, 3.63) is 33.4 Å². The van der Waals surface area contributed by atoms with Crippen LogP contribution < -0.4 is 14.8 Å². The molecule has 1 aromatic carbocycles. The lowest BCUT2D eigenvalue weighted by Crippen LogP contribution is -2.36. The number of nitro benzene ring substituents is 1. The molecule has 0 radical (unpaired) electrons. The molecule has 1 aromatic rings. The predicted octanol–water partition coefficient (Wildman–Crippen LogP) is 2.68. The van der Waals surface area contributed by atoms with E-state index in [0.717, 1.165) is 32.1 Å². The highest BCUT2D eigenvalue weighted by molar-refractivity contribution is 6.02. The van der Waals surface area contributed by atoms with Crippen LogP contribution >= 0.6 is 0 Å². The van der Waals surface area contributed by atoms with Crippen molar-refractivity contribution in [1.29, 1.82) is 5.26 Å². The molecule has 1 heterocycles. The summed E-state index contributed by atoms with van der Waals surface area (Å²) in [4.78, 5) is 23.0. The molecule has 130 valence electrons. The molecule has 2 aliphatic rings. The molecule has 1 fully saturated rings. The third-order valence-corrected chi connectivity index (χ3v) is 4.32. The quantitative estimate of drug-likeness (QED) is 0.389. The van der Waals surface area contributed by atoms with E-state index in [1.54, 1.807) is 0 Å². The molecule has 1 aliphatic heterocycles. The molecule has 0 saturated heterocycles. The molecule has 1 aliphatic carbocycles. The number of carbonyl (C=O) groups excluding carboxylic acids is 1. The number of amides is 1. The van der Waals surface area contributed by atoms with Crippen molar-refractivity contribution in [2.75, 3.05) is 6.79 Å². The number of nitriles is 1. The van der Waals surface area contributed by atoms with Crippen LogP contribution in [0.2, 0.25) is 0 Å². The first-order chi connectivity index (χ1) is 12.1. The van der Waals surface area contributed by atoms with Crippen LogP contribution in [0, 0.1) is 21.4 Å². The van der Waals surface area contributed by atoms with Gasteiger partial charge in [-0.25, -0.2) is 0 Å². The minimum Gasteiger partial charge on any atom is -0.454 e. The number of benzene rings is 1. The molecule has 1 N–H and O–H groups in total. The van der Waals surface area contributed by atoms with Gasteiger partial charge in [-0.15, -0.1) is 0 Å². The van der Waals surface area contributed by atoms with E-state index in [-0.39, 0.29) is 35.4 Å². The second-order valence-electron chi connectivity index (χ2n) is 6.00. The minimum absolute atomic E-state index is 0.0209. The summed E-state index contributed by atoms with van der Waals surface area (Å²) in [6, 6.07) is 4.52. The third kappa shape index (κ3) is 3.71. The molecule has 3 rings (SSSR count). The summed E-state index contributed by atoms with van der Waals surface area (Å²) in [7, 11) is 0. The molecule has 0 atom stereocenters. The average Bonchev–Trinajstić information content (AvgIpc) is 3.06. The minimum atomic E-state index is -0.582. The maximum absolute atomic E-state index is 12.3. The summed E-state index contributed by atoms with van der Waals surface area (Å²) < 4.78 is 10.3. The smallest absolute Gasteiger partial charge is 0.280 e. The molecule has 8 heteroatoms. The van der Waals surface area contributed by atoms with Crippen molar-refractivity contribution in [2.24, 2.45) is 0 Å². The Balaban J connectivity index is 1.87. The normalized spacial score (nSPS) is 17.0. The van der Waals surface area contributed by atoms with Gasteiger partial charge in [0, 0.05) is 6.04 Å². The second-order valence-corrected chi connectivity index (χ2v) is 6.00. The van der Waals surface area contributed by atoms with Crippen molar-refractivity contribution in [2.45, 2.75) is 38.1 Å². The molecule has 0 aromatic heterocycles. The van der Waals surface area contributed by atoms with E-state index in [2.05, 4.69) is 5.32 Å². The Hall–Kier alpha value is -3.08. The molecular formula is C17H17N3O5. The van der Waals surface area contributed by atoms with Gasteiger partial charge in [-0.05, 0) is 25.0 Å². The zero-order valence-corrected chi connectivity index (χ0v) is 13.5. The fourth-order valence-electron chi connectivity index (χ4n) is 3.03. The first-order valence-corrected chi connectivity index (χ1v) is 8.09. The van der Waals surface area contributed by atoms with E-state index in [1.807, 2.05) is 6.07 Å². The number of ether oxygens (including phenoxy) is 2. The molecule has 25 heavy (non-hydrogen) atoms. The first kappa shape index (κ1) is 16.8. The molecule has 1 saturated carbocycles. The number of rotatable bonds is 4. The van der Waals surface area contributed by atoms with Crippen LogP contribution in [0.4, 0.5) is 5.69 Å². The Bertz CT molecular complexity index is 775. The Morgan fingerprint density at radius 1 is 1.28 bits per heavy atom. The Morgan fingerprint density at radius 2 is 1.96 bits per heavy atom. The standard InChI is InChI=1S/C17H17N3O5/c18-9-12(17(21)19-13-4-2-1-3-5-13)6-11-7-15-16(25-10-24-15)8-14(11)20(22)23/h6-8,13H,1-5,10H2,(H,19,21). The SMILES string of the molecule is N#CC(=Cc1cc2c(cc1[N+](=O)[O-])OCO2)C(=O)NC1CCCCC1. The van der Waals surface area contributed by atoms with Gasteiger partial charge in [-0.3, -0.25) is 14.9 Å². The van der Waals surface area contributed by atoms with Crippen molar-refractivity contribution in [1.82, 2.24) is 5.32 Å². The number of hydrogen-bond donors (Lipinski definition) is 1. The Kier molecular flexibility index (Phi) is 4.84. The third-order valence-electron chi connectivity index (χ3n) is 4.32. The summed E-state index contributed by atoms with van der Waals surface area (Å²) >= 11 is 0. The number of nitrogens with zero attached hydrogens (tertiary/aromatic N) is 2. The van der Waals surface area contributed by atoms with Crippen molar-refractivity contribution < 1.29 is 19.2 Å². The van der Waals surface area contributed by atoms with Gasteiger partial charge >= 0.3 is 0 Å². The zero-order chi connectivity index (χ0) is 17.8. The second kappa shape index (κ2) is 7.21. The molecule has 0 bridgehead atoms. The van der Waals surface area contributed by atoms with Crippen molar-refractivity contribution in [3.63, 3.8) is 0 Å². The van der Waals surface area contributed by atoms with Crippen LogP contribution in [0.5, 0.6) is 11.5 Å². The number of nitro groups is 1. The molecule has 0 spiro atoms. The topological polar surface area (TPSA) is 114 Å². The summed E-state index contributed by atoms with van der Waals surface area (Å²) in [5.41, 5.74) is -0.292. The van der Waals surface area contributed by atoms with E-state index in [4.69, 9.17) is 9.47 Å². The van der Waals surface area contributed by atoms with Crippen LogP contribution in [0.15, 0.2) is 17.7 Å². The summed E-state index contributed by atoms with van der Waals surface area (Å²) in [6.45, 7) is -0.0209. The summed E-state index contributed by atoms with van der Waals surface area (Å²) in [6.07, 6.45) is 6.23. The fourth-order valence-corrected chi connectivity index (χ4v) is 3.03. The zero-order valence-electron chi connectivity index (χ0n) is 13.5. The molecular weight excluding hydrogens is 326 g/mol. The van der Waals surface area contributed by atoms with Gasteiger partial charge in [0.25, 0.3) is 11.6 Å². The monoisotopic (exact) mass is 343 g/mol. The van der Waals surface area contributed by atoms with Crippen LogP contribution in [-0.2, 0) is 4.79 Å². The number of nitrogens with one attached hydrogen (secondary N) is 1. The molecule has 1 amide bonds. The van der Waals surface area contributed by atoms with Gasteiger partial charge in [0.1, 0.15) is 11.6 Å². The van der Waals surface area contributed by atoms with Gasteiger partial charge in [-0.2, -0.15) is 5.26 Å². The van der Waals surface area contributed by atoms with E-state index >= 15 is 0 Å². The predicted molar refractivity (Wildman–Crippen MR) is 87.8 cm³/mol. The van der Waals surface area contributed by atoms with Crippen molar-refractivity contribution in [3.8, 4) is 17.6 Å². The van der Waals surface area contributed by atoms with Crippen LogP contribution in [0.25, 0.3) is 6.08 Å². The van der Waals surface area contributed by atoms with E-state index in [0.29, 0.717) is 5.75 Å². The highest BCUT2D eigenvalue weighted by atomic mass is 16.7. The van der Waals surface area contributed by atoms with E-state index in [9.17, 15) is 20.2 Å². The lowest BCUT2D eigenvalue weighted by Gasteiger charge is -2.22. The van der Waals surface area contributed by atoms with Gasteiger partial charge in [0.05, 0.1) is 16.6 Å². The van der Waals surface area contributed by atoms with Crippen molar-refractivity contribution >= 4 is 17.7 Å². The van der Waals surface area contributed by atoms with E-state index < -0.39 is 10.8 Å². The highest BCUT2D eigenvalue weighted by Crippen LogP contribution is 2.38. The lowest BCUT2D eigenvalue weighted by atomic mass is 9.95. The van der Waals surface area contributed by atoms with Crippen LogP contribution in [0.3, 0.4) is 0 Å². The van der Waals surface area contributed by atoms with Gasteiger partial charge in [-0.1, -0.05) is 19.3 Å². The summed E-state index contributed by atoms with van der Waals surface area (Å²) in [5.74, 6) is 0.109. The summed E-state index contributed by atoms with van der Waals surface area (Å²) in [5, 5.41) is 23.4. The first-order valence-electron chi connectivity index (χ1n) is 8.09. The van der Waals surface area contributed by atoms with E-state index in [1.165, 1.54) is 18.2 Å². The Morgan fingerprint density at radius 3 is 2.60 bits per heavy atom. The molecule has 8 nitrogen and oxygen atoms in total. The maximum Gasteiger partial charge on any atom is 0.280 e.